The van der Waals surface area contributed by atoms with E-state index in [1.54, 1.807) is 7.05 Å². The van der Waals surface area contributed by atoms with E-state index in [0.717, 1.165) is 6.07 Å². The maximum atomic E-state index is 12.7. The van der Waals surface area contributed by atoms with Gasteiger partial charge in [0.25, 0.3) is 0 Å². The van der Waals surface area contributed by atoms with Gasteiger partial charge in [-0.3, -0.25) is 4.72 Å². The lowest BCUT2D eigenvalue weighted by Crippen LogP contribution is -2.18. The molecule has 9 heteroatoms. The molecule has 1 rings (SSSR count). The number of sulfonamides is 1. The third kappa shape index (κ3) is 6.23. The Morgan fingerprint density at radius 1 is 1.24 bits per heavy atom. The van der Waals surface area contributed by atoms with E-state index < -0.39 is 21.8 Å². The van der Waals surface area contributed by atoms with Gasteiger partial charge in [0.15, 0.2) is 0 Å². The molecule has 21 heavy (non-hydrogen) atoms. The van der Waals surface area contributed by atoms with Crippen LogP contribution in [0.4, 0.5) is 18.9 Å². The summed E-state index contributed by atoms with van der Waals surface area (Å²) in [5, 5.41) is 2.89. The van der Waals surface area contributed by atoms with Crippen molar-refractivity contribution in [3.8, 4) is 0 Å². The SMILES string of the molecule is CNCCCCS(=O)(=O)Nc1ccc(Br)c(C(F)(F)F)c1. The van der Waals surface area contributed by atoms with Crippen molar-refractivity contribution in [3.05, 3.63) is 28.2 Å². The summed E-state index contributed by atoms with van der Waals surface area (Å²) in [6.07, 6.45) is -3.45. The average Bonchev–Trinajstić information content (AvgIpc) is 2.35. The molecule has 4 nitrogen and oxygen atoms in total. The molecule has 0 fully saturated rings. The number of anilines is 1. The minimum atomic E-state index is -4.55. The zero-order valence-electron chi connectivity index (χ0n) is 11.3. The Bertz CT molecular complexity index is 576. The molecule has 0 saturated carbocycles. The lowest BCUT2D eigenvalue weighted by Gasteiger charge is -2.13. The molecule has 0 radical (unpaired) electrons. The predicted octanol–water partition coefficient (Wildman–Crippen LogP) is 3.21. The summed E-state index contributed by atoms with van der Waals surface area (Å²) in [5.41, 5.74) is -1.02. The van der Waals surface area contributed by atoms with Crippen LogP contribution in [-0.4, -0.2) is 27.8 Å². The summed E-state index contributed by atoms with van der Waals surface area (Å²) in [4.78, 5) is 0. The van der Waals surface area contributed by atoms with Gasteiger partial charge < -0.3 is 5.32 Å². The summed E-state index contributed by atoms with van der Waals surface area (Å²) in [6.45, 7) is 0.687. The minimum Gasteiger partial charge on any atom is -0.320 e. The van der Waals surface area contributed by atoms with Crippen LogP contribution in [0.1, 0.15) is 18.4 Å². The van der Waals surface area contributed by atoms with Crippen LogP contribution < -0.4 is 10.0 Å². The van der Waals surface area contributed by atoms with Crippen LogP contribution in [0.5, 0.6) is 0 Å². The van der Waals surface area contributed by atoms with Gasteiger partial charge in [-0.1, -0.05) is 15.9 Å². The third-order valence-corrected chi connectivity index (χ3v) is 4.70. The fraction of sp³-hybridized carbons (Fsp3) is 0.500. The molecule has 0 spiro atoms. The van der Waals surface area contributed by atoms with Crippen molar-refractivity contribution in [1.82, 2.24) is 5.32 Å². The van der Waals surface area contributed by atoms with Gasteiger partial charge in [0.05, 0.1) is 11.3 Å². The summed E-state index contributed by atoms with van der Waals surface area (Å²) in [6, 6.07) is 3.22. The van der Waals surface area contributed by atoms with E-state index in [9.17, 15) is 21.6 Å². The van der Waals surface area contributed by atoms with E-state index in [-0.39, 0.29) is 15.9 Å². The molecule has 0 unspecified atom stereocenters. The van der Waals surface area contributed by atoms with E-state index in [4.69, 9.17) is 0 Å². The topological polar surface area (TPSA) is 58.2 Å². The molecule has 0 saturated heterocycles. The highest BCUT2D eigenvalue weighted by Crippen LogP contribution is 2.36. The monoisotopic (exact) mass is 388 g/mol. The predicted molar refractivity (Wildman–Crippen MR) is 79.7 cm³/mol. The van der Waals surface area contributed by atoms with Gasteiger partial charge in [-0.2, -0.15) is 13.2 Å². The lowest BCUT2D eigenvalue weighted by molar-refractivity contribution is -0.138. The zero-order valence-corrected chi connectivity index (χ0v) is 13.7. The molecule has 0 amide bonds. The molecule has 120 valence electrons. The largest absolute Gasteiger partial charge is 0.417 e. The van der Waals surface area contributed by atoms with Crippen molar-refractivity contribution >= 4 is 31.6 Å². The lowest BCUT2D eigenvalue weighted by atomic mass is 10.2. The summed E-state index contributed by atoms with van der Waals surface area (Å²) >= 11 is 2.80. The second kappa shape index (κ2) is 7.46. The van der Waals surface area contributed by atoms with Gasteiger partial charge in [0.1, 0.15) is 0 Å². The van der Waals surface area contributed by atoms with Crippen molar-refractivity contribution in [2.24, 2.45) is 0 Å². The van der Waals surface area contributed by atoms with Crippen LogP contribution in [0.2, 0.25) is 0 Å². The Kier molecular flexibility index (Phi) is 6.48. The highest BCUT2D eigenvalue weighted by Gasteiger charge is 2.33. The molecule has 0 atom stereocenters. The number of benzene rings is 1. The summed E-state index contributed by atoms with van der Waals surface area (Å²) in [5.74, 6) is -0.133. The highest BCUT2D eigenvalue weighted by molar-refractivity contribution is 9.10. The van der Waals surface area contributed by atoms with Crippen molar-refractivity contribution in [2.75, 3.05) is 24.1 Å². The molecule has 0 aliphatic heterocycles. The zero-order chi connectivity index (χ0) is 16.1. The van der Waals surface area contributed by atoms with E-state index in [0.29, 0.717) is 19.4 Å². The normalized spacial score (nSPS) is 12.4. The molecule has 2 N–H and O–H groups in total. The van der Waals surface area contributed by atoms with Crippen molar-refractivity contribution < 1.29 is 21.6 Å². The van der Waals surface area contributed by atoms with Crippen molar-refractivity contribution in [1.29, 1.82) is 0 Å². The van der Waals surface area contributed by atoms with Gasteiger partial charge in [-0.15, -0.1) is 0 Å². The molecule has 0 heterocycles. The Labute approximate surface area is 130 Å². The minimum absolute atomic E-state index is 0.0980. The third-order valence-electron chi connectivity index (χ3n) is 2.63. The fourth-order valence-corrected chi connectivity index (χ4v) is 3.27. The van der Waals surface area contributed by atoms with Gasteiger partial charge in [0, 0.05) is 10.2 Å². The first-order valence-electron chi connectivity index (χ1n) is 6.17. The fourth-order valence-electron chi connectivity index (χ4n) is 1.63. The molecule has 0 bridgehead atoms. The number of hydrogen-bond acceptors (Lipinski definition) is 3. The number of halogens is 4. The number of unbranched alkanes of at least 4 members (excludes halogenated alkanes) is 1. The van der Waals surface area contributed by atoms with Crippen LogP contribution in [0.25, 0.3) is 0 Å². The number of nitrogens with one attached hydrogen (secondary N) is 2. The van der Waals surface area contributed by atoms with Gasteiger partial charge >= 0.3 is 6.18 Å². The quantitative estimate of drug-likeness (QED) is 0.705. The Hall–Kier alpha value is -0.800. The Morgan fingerprint density at radius 2 is 1.90 bits per heavy atom. The summed E-state index contributed by atoms with van der Waals surface area (Å²) < 4.78 is 63.8. The van der Waals surface area contributed by atoms with E-state index in [1.165, 1.54) is 12.1 Å². The van der Waals surface area contributed by atoms with Crippen LogP contribution in [0.15, 0.2) is 22.7 Å². The van der Waals surface area contributed by atoms with Gasteiger partial charge in [-0.05, 0) is 44.6 Å². The Morgan fingerprint density at radius 3 is 2.48 bits per heavy atom. The van der Waals surface area contributed by atoms with Gasteiger partial charge in [0.2, 0.25) is 10.0 Å². The molecular formula is C12H16BrF3N2O2S. The average molecular weight is 389 g/mol. The van der Waals surface area contributed by atoms with Crippen molar-refractivity contribution in [2.45, 2.75) is 19.0 Å². The molecular weight excluding hydrogens is 373 g/mol. The second-order valence-electron chi connectivity index (χ2n) is 4.42. The van der Waals surface area contributed by atoms with Crippen LogP contribution in [0.3, 0.4) is 0 Å². The molecule has 1 aromatic carbocycles. The molecule has 0 aromatic heterocycles. The number of alkyl halides is 3. The number of rotatable bonds is 7. The second-order valence-corrected chi connectivity index (χ2v) is 7.12. The van der Waals surface area contributed by atoms with Gasteiger partial charge in [-0.25, -0.2) is 8.42 Å². The van der Waals surface area contributed by atoms with Crippen molar-refractivity contribution in [3.63, 3.8) is 0 Å². The van der Waals surface area contributed by atoms with Crippen LogP contribution >= 0.6 is 15.9 Å². The van der Waals surface area contributed by atoms with Crippen LogP contribution in [0, 0.1) is 0 Å². The van der Waals surface area contributed by atoms with E-state index in [2.05, 4.69) is 26.0 Å². The van der Waals surface area contributed by atoms with E-state index >= 15 is 0 Å². The molecule has 1 aromatic rings. The first-order chi connectivity index (χ1) is 9.65. The summed E-state index contributed by atoms with van der Waals surface area (Å²) in [7, 11) is -1.89. The smallest absolute Gasteiger partial charge is 0.320 e. The molecule has 0 aliphatic rings. The first-order valence-corrected chi connectivity index (χ1v) is 8.62. The maximum Gasteiger partial charge on any atom is 0.417 e. The van der Waals surface area contributed by atoms with Crippen LogP contribution in [-0.2, 0) is 16.2 Å². The highest BCUT2D eigenvalue weighted by atomic mass is 79.9. The van der Waals surface area contributed by atoms with E-state index in [1.807, 2.05) is 0 Å². The molecule has 0 aliphatic carbocycles. The first kappa shape index (κ1) is 18.2. The standard InChI is InChI=1S/C12H16BrF3N2O2S/c1-17-6-2-3-7-21(19,20)18-9-4-5-11(13)10(8-9)12(14,15)16/h4-5,8,17-18H,2-3,6-7H2,1H3. The number of hydrogen-bond donors (Lipinski definition) is 2. The maximum absolute atomic E-state index is 12.7. The Balaban J connectivity index is 2.79.